The van der Waals surface area contributed by atoms with E-state index in [0.717, 1.165) is 35.4 Å². The second-order valence-corrected chi connectivity index (χ2v) is 6.55. The number of carbonyl (C=O) groups excluding carboxylic acids is 1. The Kier molecular flexibility index (Phi) is 4.09. The lowest BCUT2D eigenvalue weighted by molar-refractivity contribution is 0.0781. The summed E-state index contributed by atoms with van der Waals surface area (Å²) in [6.45, 7) is 1.95. The molecule has 1 aromatic heterocycles. The molecule has 2 atom stereocenters. The molecule has 4 heteroatoms. The van der Waals surface area contributed by atoms with E-state index in [4.69, 9.17) is 5.11 Å². The molecule has 1 N–H and O–H groups in total. The van der Waals surface area contributed by atoms with Crippen LogP contribution in [0.5, 0.6) is 0 Å². The third-order valence-corrected chi connectivity index (χ3v) is 5.15. The van der Waals surface area contributed by atoms with Crippen LogP contribution in [-0.2, 0) is 0 Å². The summed E-state index contributed by atoms with van der Waals surface area (Å²) in [6, 6.07) is 1.88. The molecule has 1 aliphatic heterocycles. The van der Waals surface area contributed by atoms with Crippen LogP contribution < -0.4 is 0 Å². The maximum Gasteiger partial charge on any atom is 0.254 e. The van der Waals surface area contributed by atoms with Gasteiger partial charge in [-0.15, -0.1) is 11.3 Å². The number of fused-ring (bicyclic) bond motifs is 1. The minimum absolute atomic E-state index is 0.0840. The summed E-state index contributed by atoms with van der Waals surface area (Å²) in [5, 5.41) is 10.6. The van der Waals surface area contributed by atoms with Gasteiger partial charge in [-0.05, 0) is 30.7 Å². The number of carbonyl (C=O) groups is 1. The fourth-order valence-corrected chi connectivity index (χ4v) is 4.05. The summed E-state index contributed by atoms with van der Waals surface area (Å²) in [5.74, 6) is 7.51. The van der Waals surface area contributed by atoms with Gasteiger partial charge < -0.3 is 10.0 Å². The molecule has 1 amide bonds. The number of aliphatic hydroxyl groups is 1. The number of hydrogen-bond donors (Lipinski definition) is 1. The Morgan fingerprint density at radius 1 is 1.40 bits per heavy atom. The number of likely N-dealkylation sites (tertiary alicyclic amines) is 1. The Bertz CT molecular complexity index is 542. The van der Waals surface area contributed by atoms with Gasteiger partial charge >= 0.3 is 0 Å². The molecule has 0 spiro atoms. The molecule has 0 bridgehead atoms. The highest BCUT2D eigenvalue weighted by atomic mass is 32.1. The van der Waals surface area contributed by atoms with Crippen molar-refractivity contribution < 1.29 is 9.90 Å². The van der Waals surface area contributed by atoms with E-state index in [0.29, 0.717) is 6.42 Å². The van der Waals surface area contributed by atoms with Crippen LogP contribution in [0.15, 0.2) is 11.4 Å². The van der Waals surface area contributed by atoms with Crippen LogP contribution in [0.1, 0.15) is 40.9 Å². The fourth-order valence-electron chi connectivity index (χ4n) is 3.30. The first-order chi connectivity index (χ1) is 9.78. The lowest BCUT2D eigenvalue weighted by Gasteiger charge is -2.16. The number of hydrogen-bond acceptors (Lipinski definition) is 3. The topological polar surface area (TPSA) is 40.5 Å². The SMILES string of the molecule is O=C(c1csc(C#CCCO)c1)N1CC2CCCC2C1. The fraction of sp³-hybridized carbons (Fsp3) is 0.562. The predicted octanol–water partition coefficient (Wildman–Crippen LogP) is 2.35. The summed E-state index contributed by atoms with van der Waals surface area (Å²) >= 11 is 1.51. The van der Waals surface area contributed by atoms with Crippen molar-refractivity contribution >= 4 is 17.2 Å². The Labute approximate surface area is 123 Å². The molecule has 1 saturated carbocycles. The van der Waals surface area contributed by atoms with Gasteiger partial charge in [-0.25, -0.2) is 0 Å². The molecule has 0 radical (unpaired) electrons. The minimum atomic E-state index is 0.0840. The van der Waals surface area contributed by atoms with Crippen molar-refractivity contribution in [3.05, 3.63) is 21.9 Å². The number of nitrogens with zero attached hydrogens (tertiary/aromatic N) is 1. The Morgan fingerprint density at radius 2 is 2.15 bits per heavy atom. The molecular formula is C16H19NO2S. The van der Waals surface area contributed by atoms with E-state index < -0.39 is 0 Å². The lowest BCUT2D eigenvalue weighted by atomic mass is 10.0. The van der Waals surface area contributed by atoms with Gasteiger partial charge in [0, 0.05) is 24.9 Å². The zero-order valence-electron chi connectivity index (χ0n) is 11.5. The first-order valence-corrected chi connectivity index (χ1v) is 8.13. The van der Waals surface area contributed by atoms with E-state index in [9.17, 15) is 4.79 Å². The number of thiophene rings is 1. The van der Waals surface area contributed by atoms with E-state index >= 15 is 0 Å². The highest BCUT2D eigenvalue weighted by molar-refractivity contribution is 7.10. The van der Waals surface area contributed by atoms with E-state index in [1.807, 2.05) is 16.3 Å². The summed E-state index contributed by atoms with van der Waals surface area (Å²) in [5.41, 5.74) is 0.767. The second kappa shape index (κ2) is 5.99. The van der Waals surface area contributed by atoms with E-state index in [1.54, 1.807) is 0 Å². The van der Waals surface area contributed by atoms with Gasteiger partial charge in [-0.3, -0.25) is 4.79 Å². The second-order valence-electron chi connectivity index (χ2n) is 5.64. The van der Waals surface area contributed by atoms with Gasteiger partial charge in [-0.1, -0.05) is 18.3 Å². The quantitative estimate of drug-likeness (QED) is 0.849. The molecule has 2 aliphatic rings. The van der Waals surface area contributed by atoms with E-state index in [2.05, 4.69) is 11.8 Å². The maximum absolute atomic E-state index is 12.5. The Morgan fingerprint density at radius 3 is 2.85 bits per heavy atom. The standard InChI is InChI=1S/C16H19NO2S/c18-7-2-1-6-15-8-14(11-20-15)16(19)17-9-12-4-3-5-13(12)10-17/h8,11-13,18H,2-5,7,9-10H2. The largest absolute Gasteiger partial charge is 0.395 e. The molecule has 2 heterocycles. The van der Waals surface area contributed by atoms with Crippen LogP contribution in [0.3, 0.4) is 0 Å². The van der Waals surface area contributed by atoms with Gasteiger partial charge in [-0.2, -0.15) is 0 Å². The number of aliphatic hydroxyl groups excluding tert-OH is 1. The smallest absolute Gasteiger partial charge is 0.254 e. The Balaban J connectivity index is 1.65. The molecule has 1 aliphatic carbocycles. The predicted molar refractivity (Wildman–Crippen MR) is 79.6 cm³/mol. The van der Waals surface area contributed by atoms with Gasteiger partial charge in [0.25, 0.3) is 5.91 Å². The van der Waals surface area contributed by atoms with Crippen LogP contribution in [0.2, 0.25) is 0 Å². The molecule has 0 aromatic carbocycles. The third kappa shape index (κ3) is 2.74. The van der Waals surface area contributed by atoms with Crippen LogP contribution in [-0.4, -0.2) is 35.6 Å². The van der Waals surface area contributed by atoms with Crippen LogP contribution in [0.4, 0.5) is 0 Å². The maximum atomic E-state index is 12.5. The zero-order chi connectivity index (χ0) is 13.9. The minimum Gasteiger partial charge on any atom is -0.395 e. The van der Waals surface area contributed by atoms with Crippen LogP contribution in [0, 0.1) is 23.7 Å². The van der Waals surface area contributed by atoms with Crippen molar-refractivity contribution in [1.29, 1.82) is 0 Å². The average Bonchev–Trinajstić information content (AvgIpc) is 3.13. The molecule has 106 valence electrons. The average molecular weight is 289 g/mol. The van der Waals surface area contributed by atoms with E-state index in [1.165, 1.54) is 30.6 Å². The summed E-state index contributed by atoms with van der Waals surface area (Å²) in [7, 11) is 0. The van der Waals surface area contributed by atoms with Gasteiger partial charge in [0.1, 0.15) is 0 Å². The number of rotatable bonds is 2. The molecule has 1 aromatic rings. The summed E-state index contributed by atoms with van der Waals surface area (Å²) in [6.07, 6.45) is 4.39. The van der Waals surface area contributed by atoms with Gasteiger partial charge in [0.05, 0.1) is 17.0 Å². The van der Waals surface area contributed by atoms with Gasteiger partial charge in [0.15, 0.2) is 0 Å². The first-order valence-electron chi connectivity index (χ1n) is 7.25. The molecule has 3 nitrogen and oxygen atoms in total. The van der Waals surface area contributed by atoms with Gasteiger partial charge in [0.2, 0.25) is 0 Å². The molecule has 20 heavy (non-hydrogen) atoms. The van der Waals surface area contributed by atoms with Crippen molar-refractivity contribution in [2.75, 3.05) is 19.7 Å². The molecule has 2 unspecified atom stereocenters. The molecule has 2 fully saturated rings. The normalized spacial score (nSPS) is 24.4. The molecule has 1 saturated heterocycles. The van der Waals surface area contributed by atoms with Crippen LogP contribution >= 0.6 is 11.3 Å². The zero-order valence-corrected chi connectivity index (χ0v) is 12.3. The molecule has 3 rings (SSSR count). The highest BCUT2D eigenvalue weighted by Gasteiger charge is 2.38. The summed E-state index contributed by atoms with van der Waals surface area (Å²) in [4.78, 5) is 15.4. The Hall–Kier alpha value is -1.31. The monoisotopic (exact) mass is 289 g/mol. The van der Waals surface area contributed by atoms with Crippen molar-refractivity contribution in [3.63, 3.8) is 0 Å². The molecular weight excluding hydrogens is 270 g/mol. The summed E-state index contributed by atoms with van der Waals surface area (Å²) < 4.78 is 0. The van der Waals surface area contributed by atoms with E-state index in [-0.39, 0.29) is 12.5 Å². The highest BCUT2D eigenvalue weighted by Crippen LogP contribution is 2.38. The third-order valence-electron chi connectivity index (χ3n) is 4.31. The first kappa shape index (κ1) is 13.7. The van der Waals surface area contributed by atoms with Crippen LogP contribution in [0.25, 0.3) is 0 Å². The van der Waals surface area contributed by atoms with Crippen molar-refractivity contribution in [3.8, 4) is 11.8 Å². The lowest BCUT2D eigenvalue weighted by Crippen LogP contribution is -2.29. The number of amides is 1. The van der Waals surface area contributed by atoms with Crippen molar-refractivity contribution in [2.45, 2.75) is 25.7 Å². The van der Waals surface area contributed by atoms with Crippen molar-refractivity contribution in [1.82, 2.24) is 4.90 Å². The van der Waals surface area contributed by atoms with Crippen molar-refractivity contribution in [2.24, 2.45) is 11.8 Å².